The van der Waals surface area contributed by atoms with E-state index in [1.165, 1.54) is 18.4 Å². The predicted octanol–water partition coefficient (Wildman–Crippen LogP) is 3.54. The van der Waals surface area contributed by atoms with Gasteiger partial charge >= 0.3 is 11.6 Å². The Hall–Kier alpha value is -4.13. The molecule has 0 bridgehead atoms. The topological polar surface area (TPSA) is 98.8 Å². The number of carbonyl (C=O) groups excluding carboxylic acids is 2. The molecule has 7 nitrogen and oxygen atoms in total. The van der Waals surface area contributed by atoms with E-state index in [1.807, 2.05) is 0 Å². The highest BCUT2D eigenvalue weighted by Gasteiger charge is 2.15. The zero-order chi connectivity index (χ0) is 20.2. The molecule has 2 aromatic carbocycles. The van der Waals surface area contributed by atoms with Gasteiger partial charge in [0.05, 0.1) is 18.4 Å². The fraction of sp³-hybridized carbons (Fsp3) is 0.0455. The minimum atomic E-state index is -0.791. The molecule has 1 N–H and O–H groups in total. The lowest BCUT2D eigenvalue weighted by Crippen LogP contribution is -2.27. The average Bonchev–Trinajstić information content (AvgIpc) is 3.26. The monoisotopic (exact) mass is 389 g/mol. The molecule has 0 spiro atoms. The van der Waals surface area contributed by atoms with Crippen molar-refractivity contribution in [2.45, 2.75) is 6.54 Å². The fourth-order valence-electron chi connectivity index (χ4n) is 2.73. The van der Waals surface area contributed by atoms with Gasteiger partial charge in [0, 0.05) is 11.5 Å². The molecule has 0 fully saturated rings. The van der Waals surface area contributed by atoms with Crippen molar-refractivity contribution in [1.29, 1.82) is 0 Å². The van der Waals surface area contributed by atoms with Crippen molar-refractivity contribution in [3.8, 4) is 5.75 Å². The first-order valence-corrected chi connectivity index (χ1v) is 8.76. The minimum absolute atomic E-state index is 0.127. The van der Waals surface area contributed by atoms with Crippen LogP contribution in [0.15, 0.2) is 86.6 Å². The van der Waals surface area contributed by atoms with Gasteiger partial charge in [-0.2, -0.15) is 0 Å². The van der Waals surface area contributed by atoms with Crippen molar-refractivity contribution >= 4 is 22.8 Å². The van der Waals surface area contributed by atoms with Crippen LogP contribution in [-0.4, -0.2) is 11.9 Å². The first-order valence-electron chi connectivity index (χ1n) is 8.76. The van der Waals surface area contributed by atoms with Gasteiger partial charge < -0.3 is 18.9 Å². The first-order chi connectivity index (χ1) is 14.1. The second kappa shape index (κ2) is 7.85. The lowest BCUT2D eigenvalue weighted by atomic mass is 10.1. The van der Waals surface area contributed by atoms with E-state index in [2.05, 4.69) is 5.32 Å². The predicted molar refractivity (Wildman–Crippen MR) is 104 cm³/mol. The summed E-state index contributed by atoms with van der Waals surface area (Å²) in [4.78, 5) is 36.7. The molecule has 7 heteroatoms. The van der Waals surface area contributed by atoms with Gasteiger partial charge in [0.2, 0.25) is 0 Å². The Bertz CT molecular complexity index is 1230. The van der Waals surface area contributed by atoms with Crippen molar-refractivity contribution in [3.05, 3.63) is 100 Å². The smallest absolute Gasteiger partial charge is 0.349 e. The van der Waals surface area contributed by atoms with E-state index in [1.54, 1.807) is 54.6 Å². The third kappa shape index (κ3) is 4.08. The van der Waals surface area contributed by atoms with E-state index in [0.29, 0.717) is 16.7 Å². The molecule has 1 amide bonds. The van der Waals surface area contributed by atoms with Crippen LogP contribution in [0.3, 0.4) is 0 Å². The number of esters is 1. The Labute approximate surface area is 164 Å². The van der Waals surface area contributed by atoms with Gasteiger partial charge in [-0.05, 0) is 42.5 Å². The summed E-state index contributed by atoms with van der Waals surface area (Å²) < 4.78 is 15.7. The molecule has 0 aliphatic carbocycles. The van der Waals surface area contributed by atoms with Crippen molar-refractivity contribution in [2.75, 3.05) is 0 Å². The van der Waals surface area contributed by atoms with Crippen LogP contribution in [0.5, 0.6) is 5.75 Å². The molecule has 0 saturated heterocycles. The standard InChI is InChI=1S/C22H15NO6/c24-20(23-13-17-7-4-10-27-17)18-11-15-8-9-16(12-19(15)29-22(18)26)28-21(25)14-5-2-1-3-6-14/h1-12H,13H2,(H,23,24). The third-order valence-electron chi connectivity index (χ3n) is 4.18. The zero-order valence-corrected chi connectivity index (χ0v) is 15.1. The van der Waals surface area contributed by atoms with Crippen LogP contribution in [0.25, 0.3) is 11.0 Å². The molecule has 0 saturated carbocycles. The van der Waals surface area contributed by atoms with Crippen LogP contribution in [0.1, 0.15) is 26.5 Å². The summed E-state index contributed by atoms with van der Waals surface area (Å²) in [6.45, 7) is 0.150. The van der Waals surface area contributed by atoms with Gasteiger partial charge in [0.15, 0.2) is 0 Å². The second-order valence-electron chi connectivity index (χ2n) is 6.16. The summed E-state index contributed by atoms with van der Waals surface area (Å²) in [5, 5.41) is 3.12. The Morgan fingerprint density at radius 1 is 0.966 bits per heavy atom. The number of nitrogens with one attached hydrogen (secondary N) is 1. The number of ether oxygens (including phenoxy) is 1. The number of carbonyl (C=O) groups is 2. The van der Waals surface area contributed by atoms with Crippen LogP contribution in [0.2, 0.25) is 0 Å². The first kappa shape index (κ1) is 18.2. The number of fused-ring (bicyclic) bond motifs is 1. The average molecular weight is 389 g/mol. The number of amides is 1. The van der Waals surface area contributed by atoms with E-state index in [-0.39, 0.29) is 23.4 Å². The number of hydrogen-bond acceptors (Lipinski definition) is 6. The fourth-order valence-corrected chi connectivity index (χ4v) is 2.73. The molecule has 0 aliphatic heterocycles. The molecule has 29 heavy (non-hydrogen) atoms. The van der Waals surface area contributed by atoms with Gasteiger partial charge in [0.25, 0.3) is 5.91 Å². The van der Waals surface area contributed by atoms with Gasteiger partial charge in [-0.1, -0.05) is 18.2 Å². The summed E-state index contributed by atoms with van der Waals surface area (Å²) in [7, 11) is 0. The number of benzene rings is 2. The number of furan rings is 1. The van der Waals surface area contributed by atoms with Crippen molar-refractivity contribution in [1.82, 2.24) is 5.32 Å². The SMILES string of the molecule is O=C(Oc1ccc2cc(C(=O)NCc3ccco3)c(=O)oc2c1)c1ccccc1. The number of rotatable bonds is 5. The van der Waals surface area contributed by atoms with Crippen LogP contribution < -0.4 is 15.7 Å². The van der Waals surface area contributed by atoms with E-state index in [4.69, 9.17) is 13.6 Å². The van der Waals surface area contributed by atoms with Gasteiger partial charge in [-0.3, -0.25) is 4.79 Å². The maximum atomic E-state index is 12.3. The lowest BCUT2D eigenvalue weighted by Gasteiger charge is -2.06. The Kier molecular flexibility index (Phi) is 4.94. The molecule has 4 aromatic rings. The lowest BCUT2D eigenvalue weighted by molar-refractivity contribution is 0.0734. The van der Waals surface area contributed by atoms with Crippen molar-refractivity contribution < 1.29 is 23.2 Å². The van der Waals surface area contributed by atoms with Crippen LogP contribution in [0, 0.1) is 0 Å². The maximum Gasteiger partial charge on any atom is 0.349 e. The second-order valence-corrected chi connectivity index (χ2v) is 6.16. The molecule has 0 atom stereocenters. The molecule has 0 aliphatic rings. The molecule has 0 unspecified atom stereocenters. The summed E-state index contributed by atoms with van der Waals surface area (Å²) in [5.74, 6) is -0.309. The van der Waals surface area contributed by atoms with Crippen LogP contribution >= 0.6 is 0 Å². The molecule has 2 heterocycles. The largest absolute Gasteiger partial charge is 0.467 e. The molecular formula is C22H15NO6. The molecule has 4 rings (SSSR count). The molecule has 0 radical (unpaired) electrons. The third-order valence-corrected chi connectivity index (χ3v) is 4.18. The van der Waals surface area contributed by atoms with Crippen molar-refractivity contribution in [3.63, 3.8) is 0 Å². The van der Waals surface area contributed by atoms with Crippen LogP contribution in [-0.2, 0) is 6.54 Å². The molecule has 2 aromatic heterocycles. The quantitative estimate of drug-likeness (QED) is 0.318. The normalized spacial score (nSPS) is 10.6. The van der Waals surface area contributed by atoms with E-state index in [0.717, 1.165) is 0 Å². The zero-order valence-electron chi connectivity index (χ0n) is 15.1. The van der Waals surface area contributed by atoms with Crippen molar-refractivity contribution in [2.24, 2.45) is 0 Å². The Balaban J connectivity index is 1.54. The highest BCUT2D eigenvalue weighted by molar-refractivity contribution is 5.97. The highest BCUT2D eigenvalue weighted by Crippen LogP contribution is 2.21. The number of hydrogen-bond donors (Lipinski definition) is 1. The van der Waals surface area contributed by atoms with Crippen LogP contribution in [0.4, 0.5) is 0 Å². The molecule has 144 valence electrons. The van der Waals surface area contributed by atoms with E-state index >= 15 is 0 Å². The highest BCUT2D eigenvalue weighted by atomic mass is 16.5. The minimum Gasteiger partial charge on any atom is -0.467 e. The summed E-state index contributed by atoms with van der Waals surface area (Å²) in [5.41, 5.74) is -0.312. The Morgan fingerprint density at radius 3 is 2.55 bits per heavy atom. The van der Waals surface area contributed by atoms with Gasteiger partial charge in [-0.15, -0.1) is 0 Å². The summed E-state index contributed by atoms with van der Waals surface area (Å²) in [6, 6.07) is 18.0. The summed E-state index contributed by atoms with van der Waals surface area (Å²) >= 11 is 0. The maximum absolute atomic E-state index is 12.3. The van der Waals surface area contributed by atoms with E-state index in [9.17, 15) is 14.4 Å². The van der Waals surface area contributed by atoms with Gasteiger partial charge in [-0.25, -0.2) is 9.59 Å². The Morgan fingerprint density at radius 2 is 1.79 bits per heavy atom. The molecular weight excluding hydrogens is 374 g/mol. The summed E-state index contributed by atoms with van der Waals surface area (Å²) in [6.07, 6.45) is 1.49. The van der Waals surface area contributed by atoms with E-state index < -0.39 is 17.5 Å². The van der Waals surface area contributed by atoms with Gasteiger partial charge in [0.1, 0.15) is 22.7 Å².